The molecule has 166 valence electrons. The fraction of sp³-hybridized carbons (Fsp3) is 0.364. The predicted octanol–water partition coefficient (Wildman–Crippen LogP) is 4.31. The van der Waals surface area contributed by atoms with E-state index in [9.17, 15) is 5.11 Å². The van der Waals surface area contributed by atoms with Crippen LogP contribution in [0, 0.1) is 0 Å². The molecule has 0 aliphatic heterocycles. The number of halogens is 1. The van der Waals surface area contributed by atoms with Crippen molar-refractivity contribution in [2.75, 3.05) is 26.6 Å². The van der Waals surface area contributed by atoms with Crippen molar-refractivity contribution in [1.29, 1.82) is 0 Å². The van der Waals surface area contributed by atoms with Crippen LogP contribution in [0.2, 0.25) is 5.02 Å². The van der Waals surface area contributed by atoms with Gasteiger partial charge in [0.2, 0.25) is 0 Å². The maximum atomic E-state index is 10.3. The number of benzene rings is 2. The molecule has 0 saturated carbocycles. The van der Waals surface area contributed by atoms with Crippen LogP contribution in [0.5, 0.6) is 11.5 Å². The van der Waals surface area contributed by atoms with Crippen molar-refractivity contribution >= 4 is 23.4 Å². The maximum Gasteiger partial charge on any atom is 0.191 e. The lowest BCUT2D eigenvalue weighted by Gasteiger charge is -2.13. The van der Waals surface area contributed by atoms with Gasteiger partial charge in [-0.05, 0) is 36.8 Å². The molecule has 0 bridgehead atoms. The SMILES string of the molecule is CCn1c(SCC(O)COCc2ccc(OC)c(OC)c2)nnc1-c1cccc(Cl)c1. The van der Waals surface area contributed by atoms with E-state index in [0.717, 1.165) is 22.1 Å². The molecule has 0 aliphatic rings. The maximum absolute atomic E-state index is 10.3. The number of thioether (sulfide) groups is 1. The Hall–Kier alpha value is -2.26. The van der Waals surface area contributed by atoms with Crippen LogP contribution in [0.3, 0.4) is 0 Å². The summed E-state index contributed by atoms with van der Waals surface area (Å²) >= 11 is 7.55. The Bertz CT molecular complexity index is 999. The molecule has 0 radical (unpaired) electrons. The first-order chi connectivity index (χ1) is 15.0. The van der Waals surface area contributed by atoms with Crippen molar-refractivity contribution in [1.82, 2.24) is 14.8 Å². The van der Waals surface area contributed by atoms with Crippen LogP contribution in [0.1, 0.15) is 12.5 Å². The number of aromatic nitrogens is 3. The van der Waals surface area contributed by atoms with Crippen LogP contribution in [0.25, 0.3) is 11.4 Å². The second-order valence-electron chi connectivity index (χ2n) is 6.73. The monoisotopic (exact) mass is 463 g/mol. The molecular weight excluding hydrogens is 438 g/mol. The zero-order chi connectivity index (χ0) is 22.2. The van der Waals surface area contributed by atoms with Gasteiger partial charge >= 0.3 is 0 Å². The molecule has 2 aromatic carbocycles. The Kier molecular flexibility index (Phi) is 8.60. The van der Waals surface area contributed by atoms with Crippen molar-refractivity contribution < 1.29 is 19.3 Å². The first-order valence-corrected chi connectivity index (χ1v) is 11.2. The number of aliphatic hydroxyl groups excluding tert-OH is 1. The molecule has 0 saturated heterocycles. The minimum Gasteiger partial charge on any atom is -0.493 e. The third-order valence-electron chi connectivity index (χ3n) is 4.55. The number of methoxy groups -OCH3 is 2. The lowest BCUT2D eigenvalue weighted by atomic mass is 10.2. The Labute approximate surface area is 191 Å². The highest BCUT2D eigenvalue weighted by Crippen LogP contribution is 2.28. The first kappa shape index (κ1) is 23.4. The number of hydrogen-bond donors (Lipinski definition) is 1. The van der Waals surface area contributed by atoms with Crippen LogP contribution in [-0.2, 0) is 17.9 Å². The smallest absolute Gasteiger partial charge is 0.191 e. The Morgan fingerprint density at radius 3 is 2.61 bits per heavy atom. The lowest BCUT2D eigenvalue weighted by Crippen LogP contribution is -2.18. The van der Waals surface area contributed by atoms with Gasteiger partial charge in [-0.15, -0.1) is 10.2 Å². The minimum absolute atomic E-state index is 0.211. The first-order valence-electron chi connectivity index (χ1n) is 9.84. The Morgan fingerprint density at radius 2 is 1.90 bits per heavy atom. The van der Waals surface area contributed by atoms with Crippen molar-refractivity contribution in [2.24, 2.45) is 0 Å². The summed E-state index contributed by atoms with van der Waals surface area (Å²) in [7, 11) is 3.19. The second kappa shape index (κ2) is 11.4. The van der Waals surface area contributed by atoms with E-state index in [2.05, 4.69) is 10.2 Å². The average Bonchev–Trinajstić information content (AvgIpc) is 3.20. The van der Waals surface area contributed by atoms with E-state index in [0.29, 0.717) is 35.4 Å². The molecule has 7 nitrogen and oxygen atoms in total. The van der Waals surface area contributed by atoms with Gasteiger partial charge in [-0.25, -0.2) is 0 Å². The number of ether oxygens (including phenoxy) is 3. The highest BCUT2D eigenvalue weighted by Gasteiger charge is 2.15. The molecule has 0 fully saturated rings. The van der Waals surface area contributed by atoms with E-state index in [1.165, 1.54) is 11.8 Å². The molecule has 1 unspecified atom stereocenters. The summed E-state index contributed by atoms with van der Waals surface area (Å²) in [4.78, 5) is 0. The number of hydrogen-bond acceptors (Lipinski definition) is 7. The van der Waals surface area contributed by atoms with Gasteiger partial charge < -0.3 is 23.9 Å². The highest BCUT2D eigenvalue weighted by molar-refractivity contribution is 7.99. The molecule has 1 aromatic heterocycles. The van der Waals surface area contributed by atoms with Crippen molar-refractivity contribution in [3.05, 3.63) is 53.1 Å². The van der Waals surface area contributed by atoms with E-state index in [-0.39, 0.29) is 6.61 Å². The largest absolute Gasteiger partial charge is 0.493 e. The van der Waals surface area contributed by atoms with Crippen LogP contribution < -0.4 is 9.47 Å². The molecular formula is C22H26ClN3O4S. The summed E-state index contributed by atoms with van der Waals surface area (Å²) < 4.78 is 18.2. The van der Waals surface area contributed by atoms with Crippen molar-refractivity contribution in [2.45, 2.75) is 31.3 Å². The van der Waals surface area contributed by atoms with Gasteiger partial charge in [0.15, 0.2) is 22.5 Å². The van der Waals surface area contributed by atoms with Gasteiger partial charge in [0.1, 0.15) is 0 Å². The summed E-state index contributed by atoms with van der Waals surface area (Å²) in [5.74, 6) is 2.51. The van der Waals surface area contributed by atoms with Crippen molar-refractivity contribution in [3.63, 3.8) is 0 Å². The average molecular weight is 464 g/mol. The van der Waals surface area contributed by atoms with Crippen LogP contribution in [-0.4, -0.2) is 52.6 Å². The number of nitrogens with zero attached hydrogens (tertiary/aromatic N) is 3. The van der Waals surface area contributed by atoms with Gasteiger partial charge in [0.25, 0.3) is 0 Å². The molecule has 3 aromatic rings. The standard InChI is InChI=1S/C22H26ClN3O4S/c1-4-26-21(16-6-5-7-17(23)11-16)24-25-22(26)31-14-18(27)13-30-12-15-8-9-19(28-2)20(10-15)29-3/h5-11,18,27H,4,12-14H2,1-3H3. The highest BCUT2D eigenvalue weighted by atomic mass is 35.5. The predicted molar refractivity (Wildman–Crippen MR) is 122 cm³/mol. The van der Waals surface area contributed by atoms with Crippen LogP contribution in [0.4, 0.5) is 0 Å². The fourth-order valence-corrected chi connectivity index (χ4v) is 4.12. The molecule has 0 aliphatic carbocycles. The molecule has 9 heteroatoms. The van der Waals surface area contributed by atoms with E-state index in [4.69, 9.17) is 25.8 Å². The van der Waals surface area contributed by atoms with E-state index in [1.54, 1.807) is 14.2 Å². The third kappa shape index (κ3) is 6.13. The van der Waals surface area contributed by atoms with Gasteiger partial charge in [-0.1, -0.05) is 41.6 Å². The van der Waals surface area contributed by atoms with E-state index < -0.39 is 6.10 Å². The molecule has 0 spiro atoms. The summed E-state index contributed by atoms with van der Waals surface area (Å²) in [6.07, 6.45) is -0.637. The number of aliphatic hydroxyl groups is 1. The molecule has 1 heterocycles. The van der Waals surface area contributed by atoms with Crippen LogP contribution >= 0.6 is 23.4 Å². The van der Waals surface area contributed by atoms with E-state index in [1.807, 2.05) is 54.0 Å². The zero-order valence-electron chi connectivity index (χ0n) is 17.7. The summed E-state index contributed by atoms with van der Waals surface area (Å²) in [5, 5.41) is 20.3. The fourth-order valence-electron chi connectivity index (χ4n) is 3.02. The van der Waals surface area contributed by atoms with E-state index >= 15 is 0 Å². The molecule has 3 rings (SSSR count). The summed E-state index contributed by atoms with van der Waals surface area (Å²) in [6.45, 7) is 3.32. The summed E-state index contributed by atoms with van der Waals surface area (Å²) in [5.41, 5.74) is 1.85. The molecule has 1 atom stereocenters. The van der Waals surface area contributed by atoms with Gasteiger partial charge in [0.05, 0.1) is 33.5 Å². The minimum atomic E-state index is -0.637. The zero-order valence-corrected chi connectivity index (χ0v) is 19.3. The third-order valence-corrected chi connectivity index (χ3v) is 5.89. The quantitative estimate of drug-likeness (QED) is 0.424. The van der Waals surface area contributed by atoms with Crippen molar-refractivity contribution in [3.8, 4) is 22.9 Å². The Balaban J connectivity index is 1.52. The Morgan fingerprint density at radius 1 is 1.10 bits per heavy atom. The van der Waals surface area contributed by atoms with Gasteiger partial charge in [-0.3, -0.25) is 0 Å². The van der Waals surface area contributed by atoms with Gasteiger partial charge in [-0.2, -0.15) is 0 Å². The topological polar surface area (TPSA) is 78.6 Å². The number of rotatable bonds is 11. The molecule has 0 amide bonds. The normalized spacial score (nSPS) is 12.0. The lowest BCUT2D eigenvalue weighted by molar-refractivity contribution is 0.0397. The summed E-state index contributed by atoms with van der Waals surface area (Å²) in [6, 6.07) is 13.1. The molecule has 31 heavy (non-hydrogen) atoms. The van der Waals surface area contributed by atoms with Crippen LogP contribution in [0.15, 0.2) is 47.6 Å². The second-order valence-corrected chi connectivity index (χ2v) is 8.15. The molecule has 1 N–H and O–H groups in total. The van der Waals surface area contributed by atoms with Gasteiger partial charge in [0, 0.05) is 22.9 Å².